The molecule has 0 radical (unpaired) electrons. The van der Waals surface area contributed by atoms with Gasteiger partial charge in [-0.25, -0.2) is 0 Å². The van der Waals surface area contributed by atoms with E-state index in [0.717, 1.165) is 29.4 Å². The van der Waals surface area contributed by atoms with Gasteiger partial charge >= 0.3 is 7.12 Å². The van der Waals surface area contributed by atoms with Crippen molar-refractivity contribution in [1.82, 2.24) is 0 Å². The van der Waals surface area contributed by atoms with Crippen LogP contribution in [-0.2, 0) is 11.1 Å². The summed E-state index contributed by atoms with van der Waals surface area (Å²) in [5.41, 5.74) is 3.29. The summed E-state index contributed by atoms with van der Waals surface area (Å²) < 4.78 is 5.83. The molecule has 1 N–H and O–H groups in total. The maximum Gasteiger partial charge on any atom is 0.491 e. The van der Waals surface area contributed by atoms with E-state index in [0.29, 0.717) is 16.5 Å². The molecule has 0 saturated heterocycles. The minimum atomic E-state index is -0.893. The molecule has 128 valence electrons. The molecule has 1 aliphatic carbocycles. The quantitative estimate of drug-likeness (QED) is 0.672. The Morgan fingerprint density at radius 2 is 1.96 bits per heavy atom. The second-order valence-corrected chi connectivity index (χ2v) is 7.40. The van der Waals surface area contributed by atoms with Gasteiger partial charge in [0.25, 0.3) is 0 Å². The highest BCUT2D eigenvalue weighted by atomic mass is 35.5. The first kappa shape index (κ1) is 16.8. The molecule has 5 heteroatoms. The van der Waals surface area contributed by atoms with Gasteiger partial charge in [0.2, 0.25) is 0 Å². The number of ketones is 1. The Kier molecular flexibility index (Phi) is 4.68. The van der Waals surface area contributed by atoms with Crippen molar-refractivity contribution in [3.8, 4) is 0 Å². The molecule has 2 aliphatic rings. The van der Waals surface area contributed by atoms with E-state index < -0.39 is 7.12 Å². The van der Waals surface area contributed by atoms with E-state index in [2.05, 4.69) is 0 Å². The van der Waals surface area contributed by atoms with Gasteiger partial charge < -0.3 is 9.68 Å². The average molecular weight is 355 g/mol. The van der Waals surface area contributed by atoms with Crippen LogP contribution in [0.1, 0.15) is 53.3 Å². The summed E-state index contributed by atoms with van der Waals surface area (Å²) in [4.78, 5) is 12.5. The molecular weight excluding hydrogens is 334 g/mol. The second-order valence-electron chi connectivity index (χ2n) is 7.00. The number of rotatable bonds is 4. The molecule has 2 aromatic rings. The first-order valence-electron chi connectivity index (χ1n) is 8.87. The zero-order valence-corrected chi connectivity index (χ0v) is 14.7. The standard InChI is InChI=1S/C20H20BClO3/c22-18-8-4-3-7-16(18)19(23)12-13-9-10-15-17(11-13)21(24)25-20(15)14-5-1-2-6-14/h3-4,7-11,14,20,24H,1-2,5-6,12H2. The lowest BCUT2D eigenvalue weighted by Crippen LogP contribution is -2.28. The van der Waals surface area contributed by atoms with Gasteiger partial charge in [-0.2, -0.15) is 0 Å². The Labute approximate surface area is 153 Å². The summed E-state index contributed by atoms with van der Waals surface area (Å²) >= 11 is 6.11. The van der Waals surface area contributed by atoms with Gasteiger partial charge in [0.15, 0.2) is 5.78 Å². The normalized spacial score (nSPS) is 20.1. The minimum Gasteiger partial charge on any atom is -0.423 e. The zero-order chi connectivity index (χ0) is 17.4. The fourth-order valence-electron chi connectivity index (χ4n) is 4.09. The first-order chi connectivity index (χ1) is 12.1. The Bertz CT molecular complexity index is 801. The Hall–Kier alpha value is -1.62. The molecule has 0 bridgehead atoms. The highest BCUT2D eigenvalue weighted by Crippen LogP contribution is 2.40. The molecule has 1 unspecified atom stereocenters. The van der Waals surface area contributed by atoms with Crippen molar-refractivity contribution >= 4 is 30.0 Å². The fourth-order valence-corrected chi connectivity index (χ4v) is 4.33. The van der Waals surface area contributed by atoms with Crippen molar-refractivity contribution in [2.75, 3.05) is 0 Å². The van der Waals surface area contributed by atoms with E-state index in [-0.39, 0.29) is 18.3 Å². The lowest BCUT2D eigenvalue weighted by atomic mass is 9.77. The Balaban J connectivity index is 1.56. The molecular formula is C20H20BClO3. The number of benzene rings is 2. The van der Waals surface area contributed by atoms with Gasteiger partial charge in [0.05, 0.1) is 11.1 Å². The van der Waals surface area contributed by atoms with Gasteiger partial charge in [0.1, 0.15) is 0 Å². The second kappa shape index (κ2) is 6.95. The number of fused-ring (bicyclic) bond motifs is 1. The predicted octanol–water partition coefficient (Wildman–Crippen LogP) is 3.71. The Morgan fingerprint density at radius 1 is 1.20 bits per heavy atom. The summed E-state index contributed by atoms with van der Waals surface area (Å²) in [7, 11) is -0.893. The van der Waals surface area contributed by atoms with Crippen molar-refractivity contribution in [1.29, 1.82) is 0 Å². The molecule has 2 aromatic carbocycles. The topological polar surface area (TPSA) is 46.5 Å². The summed E-state index contributed by atoms with van der Waals surface area (Å²) in [5, 5.41) is 10.8. The van der Waals surface area contributed by atoms with Crippen LogP contribution in [0.3, 0.4) is 0 Å². The van der Waals surface area contributed by atoms with Crippen LogP contribution in [0.15, 0.2) is 42.5 Å². The highest BCUT2D eigenvalue weighted by Gasteiger charge is 2.40. The lowest BCUT2D eigenvalue weighted by Gasteiger charge is -2.19. The molecule has 4 rings (SSSR count). The molecule has 0 spiro atoms. The molecule has 1 atom stereocenters. The van der Waals surface area contributed by atoms with Crippen molar-refractivity contribution in [2.24, 2.45) is 5.92 Å². The molecule has 0 amide bonds. The third-order valence-corrected chi connectivity index (χ3v) is 5.70. The molecule has 1 saturated carbocycles. The zero-order valence-electron chi connectivity index (χ0n) is 14.0. The van der Waals surface area contributed by atoms with Crippen molar-refractivity contribution in [2.45, 2.75) is 38.2 Å². The molecule has 1 fully saturated rings. The van der Waals surface area contributed by atoms with Crippen LogP contribution in [0.25, 0.3) is 0 Å². The highest BCUT2D eigenvalue weighted by molar-refractivity contribution is 6.61. The van der Waals surface area contributed by atoms with Crippen LogP contribution in [0.2, 0.25) is 5.02 Å². The van der Waals surface area contributed by atoms with Crippen molar-refractivity contribution in [3.05, 3.63) is 64.2 Å². The summed E-state index contributed by atoms with van der Waals surface area (Å²) in [6, 6.07) is 13.0. The monoisotopic (exact) mass is 354 g/mol. The smallest absolute Gasteiger partial charge is 0.423 e. The van der Waals surface area contributed by atoms with Crippen molar-refractivity contribution in [3.63, 3.8) is 0 Å². The molecule has 1 aliphatic heterocycles. The number of carbonyl (C=O) groups is 1. The van der Waals surface area contributed by atoms with E-state index in [1.807, 2.05) is 30.3 Å². The van der Waals surface area contributed by atoms with Crippen LogP contribution in [0, 0.1) is 5.92 Å². The van der Waals surface area contributed by atoms with Crippen LogP contribution in [0.5, 0.6) is 0 Å². The average Bonchev–Trinajstić information content (AvgIpc) is 3.24. The van der Waals surface area contributed by atoms with Gasteiger partial charge in [-0.15, -0.1) is 0 Å². The van der Waals surface area contributed by atoms with E-state index in [9.17, 15) is 9.82 Å². The maximum atomic E-state index is 12.5. The number of Topliss-reactive ketones (excluding diaryl/α,β-unsaturated/α-hetero) is 1. The lowest BCUT2D eigenvalue weighted by molar-refractivity contribution is 0.0993. The maximum absolute atomic E-state index is 12.5. The molecule has 1 heterocycles. The van der Waals surface area contributed by atoms with Crippen LogP contribution >= 0.6 is 11.6 Å². The number of hydrogen-bond acceptors (Lipinski definition) is 3. The summed E-state index contributed by atoms with van der Waals surface area (Å²) in [6.07, 6.45) is 5.03. The van der Waals surface area contributed by atoms with Crippen molar-refractivity contribution < 1.29 is 14.5 Å². The number of halogens is 1. The van der Waals surface area contributed by atoms with E-state index in [4.69, 9.17) is 16.3 Å². The van der Waals surface area contributed by atoms with Gasteiger partial charge in [-0.05, 0) is 47.5 Å². The number of hydrogen-bond donors (Lipinski definition) is 1. The van der Waals surface area contributed by atoms with Gasteiger partial charge in [-0.3, -0.25) is 4.79 Å². The predicted molar refractivity (Wildman–Crippen MR) is 99.3 cm³/mol. The molecule has 0 aromatic heterocycles. The van der Waals surface area contributed by atoms with Crippen LogP contribution in [-0.4, -0.2) is 17.9 Å². The van der Waals surface area contributed by atoms with Gasteiger partial charge in [0, 0.05) is 12.0 Å². The fraction of sp³-hybridized carbons (Fsp3) is 0.350. The molecule has 25 heavy (non-hydrogen) atoms. The Morgan fingerprint density at radius 3 is 2.72 bits per heavy atom. The minimum absolute atomic E-state index is 0.0131. The SMILES string of the molecule is O=C(Cc1ccc2c(c1)B(O)OC2C1CCCC1)c1ccccc1Cl. The van der Waals surface area contributed by atoms with Gasteiger partial charge in [-0.1, -0.05) is 54.8 Å². The van der Waals surface area contributed by atoms with Crippen LogP contribution < -0.4 is 5.46 Å². The summed E-state index contributed by atoms with van der Waals surface area (Å²) in [6.45, 7) is 0. The van der Waals surface area contributed by atoms with E-state index in [1.165, 1.54) is 12.8 Å². The van der Waals surface area contributed by atoms with E-state index >= 15 is 0 Å². The number of carbonyl (C=O) groups excluding carboxylic acids is 1. The third kappa shape index (κ3) is 3.26. The summed E-state index contributed by atoms with van der Waals surface area (Å²) in [5.74, 6) is 0.470. The first-order valence-corrected chi connectivity index (χ1v) is 9.25. The van der Waals surface area contributed by atoms with E-state index in [1.54, 1.807) is 12.1 Å². The molecule has 3 nitrogen and oxygen atoms in total. The van der Waals surface area contributed by atoms with Crippen LogP contribution in [0.4, 0.5) is 0 Å². The largest absolute Gasteiger partial charge is 0.491 e. The third-order valence-electron chi connectivity index (χ3n) is 5.37.